The highest BCUT2D eigenvalue weighted by Gasteiger charge is 2.42. The predicted octanol–water partition coefficient (Wildman–Crippen LogP) is 1.99. The highest BCUT2D eigenvalue weighted by molar-refractivity contribution is 7.92. The van der Waals surface area contributed by atoms with Crippen LogP contribution in [0, 0.1) is 5.82 Å². The highest BCUT2D eigenvalue weighted by atomic mass is 32.2. The van der Waals surface area contributed by atoms with Crippen LogP contribution >= 0.6 is 0 Å². The number of Topliss-reactive ketones (excluding diaryl/α,β-unsaturated/α-hetero) is 1. The Bertz CT molecular complexity index is 1440. The van der Waals surface area contributed by atoms with Crippen molar-refractivity contribution in [2.75, 3.05) is 33.1 Å². The lowest BCUT2D eigenvalue weighted by molar-refractivity contribution is -0.124. The van der Waals surface area contributed by atoms with Gasteiger partial charge in [0.05, 0.1) is 6.61 Å². The number of ketones is 1. The SMILES string of the molecule is CN(CCO)Cc1ccc(-c2ccc3c(=O)n(CC[C@](C)(C(=O)CO)S(C)(=O)=O)ccc3c2)c(F)c1. The van der Waals surface area contributed by atoms with Crippen LogP contribution in [0.4, 0.5) is 4.39 Å². The fourth-order valence-corrected chi connectivity index (χ4v) is 5.06. The van der Waals surface area contributed by atoms with Crippen LogP contribution in [0.3, 0.4) is 0 Å². The number of aromatic nitrogens is 1. The molecular formula is C26H31FN2O6S. The lowest BCUT2D eigenvalue weighted by Gasteiger charge is -2.25. The number of carbonyl (C=O) groups excluding carboxylic acids is 1. The molecule has 0 radical (unpaired) electrons. The number of sulfone groups is 1. The first-order valence-corrected chi connectivity index (χ1v) is 13.4. The summed E-state index contributed by atoms with van der Waals surface area (Å²) in [6, 6.07) is 11.6. The largest absolute Gasteiger partial charge is 0.395 e. The molecule has 8 nitrogen and oxygen atoms in total. The molecular weight excluding hydrogens is 487 g/mol. The van der Waals surface area contributed by atoms with Crippen molar-refractivity contribution in [2.45, 2.75) is 31.2 Å². The number of fused-ring (bicyclic) bond motifs is 1. The van der Waals surface area contributed by atoms with Crippen molar-refractivity contribution < 1.29 is 27.8 Å². The zero-order valence-corrected chi connectivity index (χ0v) is 21.4. The molecule has 1 heterocycles. The topological polar surface area (TPSA) is 117 Å². The number of hydrogen-bond acceptors (Lipinski definition) is 7. The summed E-state index contributed by atoms with van der Waals surface area (Å²) in [5.74, 6) is -1.22. The van der Waals surface area contributed by atoms with Gasteiger partial charge in [-0.3, -0.25) is 14.5 Å². The summed E-state index contributed by atoms with van der Waals surface area (Å²) >= 11 is 0. The molecule has 0 unspecified atom stereocenters. The molecule has 0 saturated heterocycles. The highest BCUT2D eigenvalue weighted by Crippen LogP contribution is 2.27. The maximum Gasteiger partial charge on any atom is 0.258 e. The second-order valence-electron chi connectivity index (χ2n) is 9.23. The number of hydrogen-bond donors (Lipinski definition) is 2. The molecule has 194 valence electrons. The molecule has 2 aromatic carbocycles. The molecule has 3 rings (SSSR count). The second-order valence-corrected chi connectivity index (χ2v) is 11.7. The number of benzene rings is 2. The van der Waals surface area contributed by atoms with Crippen LogP contribution in [-0.4, -0.2) is 71.7 Å². The lowest BCUT2D eigenvalue weighted by Crippen LogP contribution is -2.46. The maximum absolute atomic E-state index is 14.9. The summed E-state index contributed by atoms with van der Waals surface area (Å²) in [6.07, 6.45) is 2.28. The van der Waals surface area contributed by atoms with Crippen molar-refractivity contribution in [1.82, 2.24) is 9.47 Å². The van der Waals surface area contributed by atoms with Crippen LogP contribution in [-0.2, 0) is 27.7 Å². The van der Waals surface area contributed by atoms with Crippen LogP contribution in [0.2, 0.25) is 0 Å². The van der Waals surface area contributed by atoms with Gasteiger partial charge in [-0.15, -0.1) is 0 Å². The summed E-state index contributed by atoms with van der Waals surface area (Å²) in [5, 5.41) is 19.2. The van der Waals surface area contributed by atoms with E-state index in [1.54, 1.807) is 30.3 Å². The van der Waals surface area contributed by atoms with Crippen molar-refractivity contribution in [2.24, 2.45) is 0 Å². The van der Waals surface area contributed by atoms with Gasteiger partial charge in [-0.25, -0.2) is 12.8 Å². The third-order valence-corrected chi connectivity index (χ3v) is 8.71. The molecule has 0 aliphatic carbocycles. The Hall–Kier alpha value is -2.92. The maximum atomic E-state index is 14.9. The number of aliphatic hydroxyl groups excluding tert-OH is 2. The van der Waals surface area contributed by atoms with E-state index in [4.69, 9.17) is 5.11 Å². The minimum atomic E-state index is -3.83. The monoisotopic (exact) mass is 518 g/mol. The van der Waals surface area contributed by atoms with Crippen molar-refractivity contribution >= 4 is 26.4 Å². The minimum Gasteiger partial charge on any atom is -0.395 e. The van der Waals surface area contributed by atoms with Gasteiger partial charge in [-0.05, 0) is 61.2 Å². The number of aryl methyl sites for hydroxylation is 1. The predicted molar refractivity (Wildman–Crippen MR) is 137 cm³/mol. The van der Waals surface area contributed by atoms with E-state index < -0.39 is 32.8 Å². The Morgan fingerprint density at radius 1 is 1.14 bits per heavy atom. The molecule has 0 amide bonds. The second kappa shape index (κ2) is 11.0. The molecule has 0 saturated carbocycles. The van der Waals surface area contributed by atoms with Crippen LogP contribution in [0.5, 0.6) is 0 Å². The van der Waals surface area contributed by atoms with Gasteiger partial charge >= 0.3 is 0 Å². The van der Waals surface area contributed by atoms with E-state index in [1.807, 2.05) is 18.0 Å². The third kappa shape index (κ3) is 5.73. The van der Waals surface area contributed by atoms with E-state index in [-0.39, 0.29) is 25.1 Å². The van der Waals surface area contributed by atoms with Crippen LogP contribution in [0.1, 0.15) is 18.9 Å². The Morgan fingerprint density at radius 3 is 2.47 bits per heavy atom. The fourth-order valence-electron chi connectivity index (χ4n) is 4.12. The van der Waals surface area contributed by atoms with Crippen molar-refractivity contribution in [3.05, 3.63) is 70.4 Å². The molecule has 1 aromatic heterocycles. The van der Waals surface area contributed by atoms with Gasteiger partial charge in [-0.2, -0.15) is 0 Å². The van der Waals surface area contributed by atoms with Gasteiger partial charge in [0.15, 0.2) is 15.6 Å². The first-order valence-electron chi connectivity index (χ1n) is 11.5. The summed E-state index contributed by atoms with van der Waals surface area (Å²) in [7, 11) is -1.99. The Labute approximate surface area is 209 Å². The molecule has 0 fully saturated rings. The molecule has 0 aliphatic rings. The first-order chi connectivity index (χ1) is 16.9. The fraction of sp³-hybridized carbons (Fsp3) is 0.385. The van der Waals surface area contributed by atoms with Gasteiger partial charge in [0.25, 0.3) is 5.56 Å². The number of carbonyl (C=O) groups is 1. The first kappa shape index (κ1) is 27.7. The quantitative estimate of drug-likeness (QED) is 0.399. The van der Waals surface area contributed by atoms with Crippen LogP contribution in [0.25, 0.3) is 21.9 Å². The van der Waals surface area contributed by atoms with Gasteiger partial charge in [0.2, 0.25) is 0 Å². The zero-order chi connectivity index (χ0) is 26.7. The normalized spacial score (nSPS) is 13.8. The van der Waals surface area contributed by atoms with E-state index in [1.165, 1.54) is 23.8 Å². The molecule has 0 bridgehead atoms. The standard InChI is InChI=1S/C26H31FN2O6S/c1-26(24(32)17-31,36(3,34)35)9-11-29-10-8-20-15-19(5-7-22(20)25(29)33)21-6-4-18(14-23(21)27)16-28(2)12-13-30/h4-8,10,14-15,30-31H,9,11-13,16-17H2,1-3H3/t26-/m1/s1. The summed E-state index contributed by atoms with van der Waals surface area (Å²) in [6.45, 7) is 1.31. The molecule has 10 heteroatoms. The molecule has 3 aromatic rings. The van der Waals surface area contributed by atoms with E-state index in [9.17, 15) is 27.5 Å². The summed E-state index contributed by atoms with van der Waals surface area (Å²) in [4.78, 5) is 27.1. The number of likely N-dealkylation sites (N-methyl/N-ethyl adjacent to an activating group) is 1. The van der Waals surface area contributed by atoms with E-state index in [0.29, 0.717) is 35.0 Å². The Balaban J connectivity index is 1.88. The molecule has 0 spiro atoms. The summed E-state index contributed by atoms with van der Waals surface area (Å²) < 4.78 is 38.8. The van der Waals surface area contributed by atoms with Gasteiger partial charge in [0.1, 0.15) is 17.2 Å². The van der Waals surface area contributed by atoms with E-state index in [0.717, 1.165) is 11.8 Å². The number of pyridine rings is 1. The van der Waals surface area contributed by atoms with Gasteiger partial charge in [-0.1, -0.05) is 18.2 Å². The Morgan fingerprint density at radius 2 is 1.86 bits per heavy atom. The van der Waals surface area contributed by atoms with Gasteiger partial charge in [0, 0.05) is 43.0 Å². The molecule has 1 atom stereocenters. The van der Waals surface area contributed by atoms with Crippen molar-refractivity contribution in [1.29, 1.82) is 0 Å². The van der Waals surface area contributed by atoms with Crippen molar-refractivity contribution in [3.8, 4) is 11.1 Å². The number of rotatable bonds is 11. The van der Waals surface area contributed by atoms with E-state index >= 15 is 0 Å². The number of halogens is 1. The average molecular weight is 519 g/mol. The molecule has 36 heavy (non-hydrogen) atoms. The van der Waals surface area contributed by atoms with Crippen LogP contribution in [0.15, 0.2) is 53.5 Å². The Kier molecular flexibility index (Phi) is 8.45. The molecule has 2 N–H and O–H groups in total. The number of aliphatic hydroxyl groups is 2. The average Bonchev–Trinajstić information content (AvgIpc) is 2.82. The smallest absolute Gasteiger partial charge is 0.258 e. The zero-order valence-electron chi connectivity index (χ0n) is 20.6. The van der Waals surface area contributed by atoms with Gasteiger partial charge < -0.3 is 14.8 Å². The third-order valence-electron chi connectivity index (χ3n) is 6.64. The number of nitrogens with zero attached hydrogens (tertiary/aromatic N) is 2. The summed E-state index contributed by atoms with van der Waals surface area (Å²) in [5.41, 5.74) is 1.40. The van der Waals surface area contributed by atoms with E-state index in [2.05, 4.69) is 0 Å². The lowest BCUT2D eigenvalue weighted by atomic mass is 9.99. The minimum absolute atomic E-state index is 0.0215. The molecule has 0 aliphatic heterocycles. The van der Waals surface area contributed by atoms with Crippen molar-refractivity contribution in [3.63, 3.8) is 0 Å². The van der Waals surface area contributed by atoms with Crippen LogP contribution < -0.4 is 5.56 Å².